The van der Waals surface area contributed by atoms with E-state index in [2.05, 4.69) is 41.8 Å². The number of para-hydroxylation sites is 1. The molecule has 2 aliphatic rings. The summed E-state index contributed by atoms with van der Waals surface area (Å²) in [5, 5.41) is 14.8. The van der Waals surface area contributed by atoms with Gasteiger partial charge in [0.05, 0.1) is 17.1 Å². The number of aryl methyl sites for hydroxylation is 1. The minimum absolute atomic E-state index is 0.0796. The fourth-order valence-electron chi connectivity index (χ4n) is 5.90. The number of halogens is 1. The molecule has 176 valence electrons. The van der Waals surface area contributed by atoms with E-state index in [9.17, 15) is 4.79 Å². The Labute approximate surface area is 213 Å². The van der Waals surface area contributed by atoms with Crippen LogP contribution in [0.5, 0.6) is 0 Å². The quantitative estimate of drug-likeness (QED) is 0.287. The van der Waals surface area contributed by atoms with E-state index in [1.54, 1.807) is 0 Å². The second-order valence-electron chi connectivity index (χ2n) is 9.40. The molecule has 0 saturated carbocycles. The summed E-state index contributed by atoms with van der Waals surface area (Å²) in [4.78, 5) is 14.3. The number of rotatable bonds is 3. The Morgan fingerprint density at radius 2 is 1.72 bits per heavy atom. The highest BCUT2D eigenvalue weighted by atomic mass is 35.5. The van der Waals surface area contributed by atoms with Crippen LogP contribution in [0.1, 0.15) is 35.7 Å². The average Bonchev–Trinajstić information content (AvgIpc) is 3.40. The van der Waals surface area contributed by atoms with Crippen LogP contribution in [0.4, 0.5) is 17.2 Å². The summed E-state index contributed by atoms with van der Waals surface area (Å²) in [7, 11) is 0. The summed E-state index contributed by atoms with van der Waals surface area (Å²) >= 11 is 6.55. The van der Waals surface area contributed by atoms with Gasteiger partial charge in [-0.25, -0.2) is 4.68 Å². The molecule has 3 heterocycles. The minimum Gasteiger partial charge on any atom is -0.339 e. The number of fused-ring (bicyclic) bond motifs is 8. The largest absolute Gasteiger partial charge is 0.339 e. The second kappa shape index (κ2) is 7.70. The van der Waals surface area contributed by atoms with Crippen molar-refractivity contribution < 1.29 is 4.79 Å². The molecule has 36 heavy (non-hydrogen) atoms. The Morgan fingerprint density at radius 1 is 0.917 bits per heavy atom. The first-order valence-corrected chi connectivity index (χ1v) is 12.6. The SMILES string of the molecule is CCCc1nn(-c2ccccc2)c2c1C1(C(=O)Nc3ccc(Cl)cc31)c1ccc3ccccc3c1N2. The maximum absolute atomic E-state index is 14.3. The highest BCUT2D eigenvalue weighted by Gasteiger charge is 2.56. The van der Waals surface area contributed by atoms with Crippen LogP contribution in [0.25, 0.3) is 16.5 Å². The van der Waals surface area contributed by atoms with Crippen molar-refractivity contribution in [2.24, 2.45) is 0 Å². The standard InChI is InChI=1S/C30H23ClN4O/c1-2-8-25-26-28(35(34-25)20-10-4-3-5-11-20)33-27-21-12-7-6-9-18(21)13-15-22(27)30(26)23-17-19(31)14-16-24(23)32-29(30)36/h3-7,9-17,33H,2,8H2,1H3,(H,32,36). The van der Waals surface area contributed by atoms with Crippen LogP contribution in [0.15, 0.2) is 84.9 Å². The number of hydrogen-bond donors (Lipinski definition) is 2. The molecule has 0 bridgehead atoms. The van der Waals surface area contributed by atoms with Gasteiger partial charge in [-0.05, 0) is 42.1 Å². The topological polar surface area (TPSA) is 59.0 Å². The highest BCUT2D eigenvalue weighted by Crippen LogP contribution is 2.57. The number of nitrogens with zero attached hydrogens (tertiary/aromatic N) is 2. The van der Waals surface area contributed by atoms with Crippen molar-refractivity contribution >= 4 is 45.5 Å². The fraction of sp³-hybridized carbons (Fsp3) is 0.133. The van der Waals surface area contributed by atoms with Crippen LogP contribution in [-0.4, -0.2) is 15.7 Å². The van der Waals surface area contributed by atoms with Gasteiger partial charge in [-0.3, -0.25) is 4.79 Å². The third kappa shape index (κ3) is 2.72. The zero-order valence-electron chi connectivity index (χ0n) is 19.7. The number of amides is 1. The lowest BCUT2D eigenvalue weighted by molar-refractivity contribution is -0.118. The number of hydrogen-bond acceptors (Lipinski definition) is 3. The van der Waals surface area contributed by atoms with Gasteiger partial charge in [0, 0.05) is 32.8 Å². The van der Waals surface area contributed by atoms with Crippen molar-refractivity contribution in [2.75, 3.05) is 10.6 Å². The fourth-order valence-corrected chi connectivity index (χ4v) is 6.07. The first-order valence-electron chi connectivity index (χ1n) is 12.2. The van der Waals surface area contributed by atoms with Crippen molar-refractivity contribution in [1.29, 1.82) is 0 Å². The number of anilines is 3. The Bertz CT molecular complexity index is 1690. The van der Waals surface area contributed by atoms with Crippen LogP contribution >= 0.6 is 11.6 Å². The number of nitrogens with one attached hydrogen (secondary N) is 2. The Hall–Kier alpha value is -4.09. The number of carbonyl (C=O) groups excluding carboxylic acids is 1. The molecule has 1 amide bonds. The highest BCUT2D eigenvalue weighted by molar-refractivity contribution is 6.31. The summed E-state index contributed by atoms with van der Waals surface area (Å²) in [5.41, 5.74) is 5.15. The number of carbonyl (C=O) groups is 1. The van der Waals surface area contributed by atoms with E-state index in [1.807, 2.05) is 65.3 Å². The van der Waals surface area contributed by atoms with Gasteiger partial charge in [-0.2, -0.15) is 5.10 Å². The van der Waals surface area contributed by atoms with E-state index >= 15 is 0 Å². The first kappa shape index (κ1) is 21.2. The summed E-state index contributed by atoms with van der Waals surface area (Å²) in [6.07, 6.45) is 1.65. The maximum Gasteiger partial charge on any atom is 0.244 e. The zero-order chi connectivity index (χ0) is 24.4. The Kier molecular flexibility index (Phi) is 4.54. The van der Waals surface area contributed by atoms with E-state index in [1.165, 1.54) is 0 Å². The van der Waals surface area contributed by atoms with Crippen molar-refractivity contribution in [3.8, 4) is 5.69 Å². The smallest absolute Gasteiger partial charge is 0.244 e. The van der Waals surface area contributed by atoms with Gasteiger partial charge in [0.2, 0.25) is 5.91 Å². The van der Waals surface area contributed by atoms with Gasteiger partial charge < -0.3 is 10.6 Å². The minimum atomic E-state index is -1.07. The van der Waals surface area contributed by atoms with Gasteiger partial charge in [0.15, 0.2) is 0 Å². The van der Waals surface area contributed by atoms with Gasteiger partial charge >= 0.3 is 0 Å². The van der Waals surface area contributed by atoms with Crippen molar-refractivity contribution in [2.45, 2.75) is 25.2 Å². The zero-order valence-corrected chi connectivity index (χ0v) is 20.4. The summed E-state index contributed by atoms with van der Waals surface area (Å²) in [6.45, 7) is 2.14. The molecule has 6 heteroatoms. The average molecular weight is 491 g/mol. The lowest BCUT2D eigenvalue weighted by Gasteiger charge is -2.36. The molecule has 1 aromatic heterocycles. The Morgan fingerprint density at radius 3 is 2.56 bits per heavy atom. The summed E-state index contributed by atoms with van der Waals surface area (Å²) in [5.74, 6) is 0.737. The molecule has 0 saturated heterocycles. The molecule has 0 radical (unpaired) electrons. The van der Waals surface area contributed by atoms with Gasteiger partial charge in [0.1, 0.15) is 11.2 Å². The molecular formula is C30H23ClN4O. The third-order valence-electron chi connectivity index (χ3n) is 7.37. The van der Waals surface area contributed by atoms with E-state index in [0.29, 0.717) is 5.02 Å². The summed E-state index contributed by atoms with van der Waals surface area (Å²) in [6, 6.07) is 28.2. The van der Waals surface area contributed by atoms with Gasteiger partial charge in [0.25, 0.3) is 0 Å². The summed E-state index contributed by atoms with van der Waals surface area (Å²) < 4.78 is 1.95. The number of aromatic nitrogens is 2. The monoisotopic (exact) mass is 490 g/mol. The molecule has 0 fully saturated rings. The van der Waals surface area contributed by atoms with Crippen molar-refractivity contribution in [3.63, 3.8) is 0 Å². The predicted molar refractivity (Wildman–Crippen MR) is 145 cm³/mol. The van der Waals surface area contributed by atoms with Crippen LogP contribution in [-0.2, 0) is 16.6 Å². The van der Waals surface area contributed by atoms with E-state index in [-0.39, 0.29) is 5.91 Å². The molecule has 1 unspecified atom stereocenters. The lowest BCUT2D eigenvalue weighted by Crippen LogP contribution is -2.41. The van der Waals surface area contributed by atoms with Gasteiger partial charge in [-0.15, -0.1) is 0 Å². The van der Waals surface area contributed by atoms with Crippen LogP contribution < -0.4 is 10.6 Å². The second-order valence-corrected chi connectivity index (χ2v) is 9.83. The molecule has 5 aromatic rings. The van der Waals surface area contributed by atoms with E-state index in [0.717, 1.165) is 68.9 Å². The molecule has 2 N–H and O–H groups in total. The molecule has 4 aromatic carbocycles. The molecule has 0 aliphatic carbocycles. The molecule has 2 aliphatic heterocycles. The van der Waals surface area contributed by atoms with Crippen LogP contribution in [0.3, 0.4) is 0 Å². The maximum atomic E-state index is 14.3. The molecule has 7 rings (SSSR count). The predicted octanol–water partition coefficient (Wildman–Crippen LogP) is 6.97. The lowest BCUT2D eigenvalue weighted by atomic mass is 9.67. The van der Waals surface area contributed by atoms with Crippen molar-refractivity contribution in [1.82, 2.24) is 9.78 Å². The van der Waals surface area contributed by atoms with E-state index < -0.39 is 5.41 Å². The molecular weight excluding hydrogens is 468 g/mol. The first-order chi connectivity index (χ1) is 17.6. The van der Waals surface area contributed by atoms with Crippen LogP contribution in [0, 0.1) is 0 Å². The van der Waals surface area contributed by atoms with Crippen LogP contribution in [0.2, 0.25) is 5.02 Å². The Balaban J connectivity index is 1.66. The molecule has 5 nitrogen and oxygen atoms in total. The molecule has 1 atom stereocenters. The van der Waals surface area contributed by atoms with Gasteiger partial charge in [-0.1, -0.05) is 79.5 Å². The van der Waals surface area contributed by atoms with E-state index in [4.69, 9.17) is 16.7 Å². The van der Waals surface area contributed by atoms with Crippen molar-refractivity contribution in [3.05, 3.63) is 112 Å². The molecule has 1 spiro atoms. The number of benzene rings is 4. The normalized spacial score (nSPS) is 17.4. The third-order valence-corrected chi connectivity index (χ3v) is 7.61.